The zero-order valence-corrected chi connectivity index (χ0v) is 11.7. The number of ether oxygens (including phenoxy) is 1. The average Bonchev–Trinajstić information content (AvgIpc) is 2.27. The number of aromatic nitrogens is 1. The average molecular weight is 273 g/mol. The van der Waals surface area contributed by atoms with Crippen LogP contribution < -0.4 is 4.74 Å². The van der Waals surface area contributed by atoms with Crippen LogP contribution in [0.4, 0.5) is 0 Å². The molecule has 0 saturated heterocycles. The van der Waals surface area contributed by atoms with Crippen LogP contribution in [0.5, 0.6) is 5.88 Å². The number of carboxylic acid groups (broad SMARTS) is 1. The van der Waals surface area contributed by atoms with Crippen molar-refractivity contribution in [3.63, 3.8) is 0 Å². The first-order valence-electron chi connectivity index (χ1n) is 5.44. The molecule has 0 fully saturated rings. The van der Waals surface area contributed by atoms with Gasteiger partial charge in [-0.3, -0.25) is 0 Å². The van der Waals surface area contributed by atoms with Gasteiger partial charge in [-0.1, -0.05) is 11.6 Å². The second kappa shape index (κ2) is 5.54. The number of hydrogen-bond acceptors (Lipinski definition) is 4. The van der Waals surface area contributed by atoms with Crippen molar-refractivity contribution in [2.24, 2.45) is 0 Å². The Labute approximate surface area is 111 Å². The van der Waals surface area contributed by atoms with Crippen molar-refractivity contribution in [2.75, 3.05) is 20.7 Å². The van der Waals surface area contributed by atoms with Gasteiger partial charge < -0.3 is 14.7 Å². The molecule has 0 bridgehead atoms. The Kier molecular flexibility index (Phi) is 4.53. The van der Waals surface area contributed by atoms with Crippen LogP contribution in [0.15, 0.2) is 12.1 Å². The molecule has 0 radical (unpaired) electrons. The molecule has 0 spiro atoms. The van der Waals surface area contributed by atoms with Crippen molar-refractivity contribution in [2.45, 2.75) is 19.4 Å². The van der Waals surface area contributed by atoms with Crippen LogP contribution in [0.25, 0.3) is 0 Å². The highest BCUT2D eigenvalue weighted by atomic mass is 35.5. The Hall–Kier alpha value is -1.33. The van der Waals surface area contributed by atoms with E-state index in [0.717, 1.165) is 0 Å². The van der Waals surface area contributed by atoms with Crippen LogP contribution in [0.3, 0.4) is 0 Å². The largest absolute Gasteiger partial charge is 0.476 e. The van der Waals surface area contributed by atoms with Crippen LogP contribution in [0.2, 0.25) is 5.02 Å². The van der Waals surface area contributed by atoms with Crippen molar-refractivity contribution >= 4 is 17.6 Å². The maximum absolute atomic E-state index is 10.9. The van der Waals surface area contributed by atoms with Crippen molar-refractivity contribution in [3.8, 4) is 5.88 Å². The Bertz CT molecular complexity index is 447. The summed E-state index contributed by atoms with van der Waals surface area (Å²) >= 11 is 5.72. The van der Waals surface area contributed by atoms with Gasteiger partial charge in [0.25, 0.3) is 0 Å². The van der Waals surface area contributed by atoms with E-state index in [2.05, 4.69) is 4.98 Å². The first-order valence-corrected chi connectivity index (χ1v) is 5.82. The number of rotatable bonds is 5. The molecule has 1 heterocycles. The fourth-order valence-corrected chi connectivity index (χ4v) is 1.22. The Morgan fingerprint density at radius 1 is 1.50 bits per heavy atom. The third-order valence-corrected chi connectivity index (χ3v) is 3.11. The molecule has 0 unspecified atom stereocenters. The number of aromatic carboxylic acids is 1. The highest BCUT2D eigenvalue weighted by Gasteiger charge is 2.22. The lowest BCUT2D eigenvalue weighted by Gasteiger charge is -2.31. The Morgan fingerprint density at radius 2 is 2.11 bits per heavy atom. The summed E-state index contributed by atoms with van der Waals surface area (Å²) in [6.45, 7) is 4.43. The van der Waals surface area contributed by atoms with Gasteiger partial charge in [0.1, 0.15) is 6.61 Å². The third kappa shape index (κ3) is 3.58. The van der Waals surface area contributed by atoms with E-state index in [4.69, 9.17) is 21.4 Å². The highest BCUT2D eigenvalue weighted by molar-refractivity contribution is 6.33. The van der Waals surface area contributed by atoms with Gasteiger partial charge in [0, 0.05) is 11.6 Å². The molecule has 0 aliphatic rings. The summed E-state index contributed by atoms with van der Waals surface area (Å²) in [4.78, 5) is 16.7. The molecule has 0 amide bonds. The summed E-state index contributed by atoms with van der Waals surface area (Å²) in [6, 6.07) is 3.02. The lowest BCUT2D eigenvalue weighted by atomic mass is 10.1. The topological polar surface area (TPSA) is 62.7 Å². The van der Waals surface area contributed by atoms with Gasteiger partial charge in [-0.05, 0) is 34.0 Å². The first-order chi connectivity index (χ1) is 8.24. The number of pyridine rings is 1. The normalized spacial score (nSPS) is 11.7. The van der Waals surface area contributed by atoms with Gasteiger partial charge >= 0.3 is 5.97 Å². The molecule has 0 aliphatic heterocycles. The van der Waals surface area contributed by atoms with Crippen LogP contribution in [0.1, 0.15) is 24.3 Å². The molecule has 1 aromatic heterocycles. The second-order valence-electron chi connectivity index (χ2n) is 4.78. The molecule has 1 aromatic rings. The zero-order chi connectivity index (χ0) is 13.9. The van der Waals surface area contributed by atoms with E-state index < -0.39 is 5.97 Å². The summed E-state index contributed by atoms with van der Waals surface area (Å²) in [5, 5.41) is 8.99. The Balaban J connectivity index is 2.81. The van der Waals surface area contributed by atoms with Crippen molar-refractivity contribution in [3.05, 3.63) is 22.8 Å². The van der Waals surface area contributed by atoms with Crippen LogP contribution in [-0.4, -0.2) is 47.2 Å². The minimum atomic E-state index is -1.17. The summed E-state index contributed by atoms with van der Waals surface area (Å²) in [5.41, 5.74) is -0.373. The molecule has 18 heavy (non-hydrogen) atoms. The van der Waals surface area contributed by atoms with Gasteiger partial charge in [0.05, 0.1) is 5.02 Å². The third-order valence-electron chi connectivity index (χ3n) is 2.81. The van der Waals surface area contributed by atoms with E-state index in [1.54, 1.807) is 6.07 Å². The number of carboxylic acids is 1. The van der Waals surface area contributed by atoms with Crippen LogP contribution >= 0.6 is 11.6 Å². The standard InChI is InChI=1S/C12H17ClN2O3/c1-12(2,15(3)4)7-18-9-6-5-8(13)10(14-9)11(16)17/h5-6H,7H2,1-4H3,(H,16,17). The fourth-order valence-electron chi connectivity index (χ4n) is 1.03. The number of hydrogen-bond donors (Lipinski definition) is 1. The highest BCUT2D eigenvalue weighted by Crippen LogP contribution is 2.19. The van der Waals surface area contributed by atoms with Crippen LogP contribution in [0, 0.1) is 0 Å². The van der Waals surface area contributed by atoms with Crippen molar-refractivity contribution in [1.82, 2.24) is 9.88 Å². The quantitative estimate of drug-likeness (QED) is 0.890. The number of likely N-dealkylation sites (N-methyl/N-ethyl adjacent to an activating group) is 1. The van der Waals surface area contributed by atoms with Crippen molar-refractivity contribution in [1.29, 1.82) is 0 Å². The van der Waals surface area contributed by atoms with E-state index in [0.29, 0.717) is 6.61 Å². The summed E-state index contributed by atoms with van der Waals surface area (Å²) in [7, 11) is 3.89. The van der Waals surface area contributed by atoms with Gasteiger partial charge in [0.2, 0.25) is 5.88 Å². The molecule has 1 N–H and O–H groups in total. The van der Waals surface area contributed by atoms with E-state index in [-0.39, 0.29) is 22.1 Å². The SMILES string of the molecule is CN(C)C(C)(C)COc1ccc(Cl)c(C(=O)O)n1. The Morgan fingerprint density at radius 3 is 2.61 bits per heavy atom. The monoisotopic (exact) mass is 272 g/mol. The number of halogens is 1. The predicted octanol–water partition coefficient (Wildman–Crippen LogP) is 2.15. The first kappa shape index (κ1) is 14.7. The summed E-state index contributed by atoms with van der Waals surface area (Å²) in [5.74, 6) is -0.913. The van der Waals surface area contributed by atoms with Gasteiger partial charge in [-0.2, -0.15) is 0 Å². The lowest BCUT2D eigenvalue weighted by Crippen LogP contribution is -2.43. The second-order valence-corrected chi connectivity index (χ2v) is 5.19. The zero-order valence-electron chi connectivity index (χ0n) is 10.9. The summed E-state index contributed by atoms with van der Waals surface area (Å²) in [6.07, 6.45) is 0. The maximum atomic E-state index is 10.9. The number of nitrogens with zero attached hydrogens (tertiary/aromatic N) is 2. The van der Waals surface area contributed by atoms with E-state index in [1.165, 1.54) is 6.07 Å². The smallest absolute Gasteiger partial charge is 0.356 e. The fraction of sp³-hybridized carbons (Fsp3) is 0.500. The molecule has 6 heteroatoms. The molecular formula is C12H17ClN2O3. The molecule has 5 nitrogen and oxygen atoms in total. The molecule has 1 rings (SSSR count). The van der Waals surface area contributed by atoms with E-state index in [9.17, 15) is 4.79 Å². The van der Waals surface area contributed by atoms with Crippen LogP contribution in [-0.2, 0) is 0 Å². The molecule has 0 aromatic carbocycles. The summed E-state index contributed by atoms with van der Waals surface area (Å²) < 4.78 is 5.50. The number of carbonyl (C=O) groups is 1. The van der Waals surface area contributed by atoms with E-state index >= 15 is 0 Å². The molecule has 0 saturated carbocycles. The maximum Gasteiger partial charge on any atom is 0.356 e. The van der Waals surface area contributed by atoms with Gasteiger partial charge in [-0.25, -0.2) is 9.78 Å². The van der Waals surface area contributed by atoms with E-state index in [1.807, 2.05) is 32.8 Å². The lowest BCUT2D eigenvalue weighted by molar-refractivity contribution is 0.0687. The predicted molar refractivity (Wildman–Crippen MR) is 69.5 cm³/mol. The molecule has 0 atom stereocenters. The molecular weight excluding hydrogens is 256 g/mol. The van der Waals surface area contributed by atoms with Gasteiger partial charge in [-0.15, -0.1) is 0 Å². The van der Waals surface area contributed by atoms with Gasteiger partial charge in [0.15, 0.2) is 5.69 Å². The molecule has 0 aliphatic carbocycles. The minimum absolute atomic E-state index is 0.0988. The molecule has 100 valence electrons. The minimum Gasteiger partial charge on any atom is -0.476 e. The van der Waals surface area contributed by atoms with Crippen molar-refractivity contribution < 1.29 is 14.6 Å².